The van der Waals surface area contributed by atoms with E-state index in [0.717, 1.165) is 11.0 Å². The summed E-state index contributed by atoms with van der Waals surface area (Å²) in [4.78, 5) is 7.07. The van der Waals surface area contributed by atoms with Crippen LogP contribution in [0.5, 0.6) is 0 Å². The van der Waals surface area contributed by atoms with E-state index in [0.29, 0.717) is 0 Å². The Hall–Kier alpha value is -1.39. The molecule has 60 valence electrons. The molecule has 1 aromatic carbocycles. The molecule has 1 heterocycles. The van der Waals surface area contributed by atoms with Gasteiger partial charge in [0.1, 0.15) is 0 Å². The summed E-state index contributed by atoms with van der Waals surface area (Å²) >= 11 is 0. The molecule has 11 heavy (non-hydrogen) atoms. The zero-order chi connectivity index (χ0) is 6.10. The molecule has 0 atom stereocenters. The van der Waals surface area contributed by atoms with Crippen LogP contribution >= 0.6 is 0 Å². The Balaban J connectivity index is 0.000000500. The van der Waals surface area contributed by atoms with Crippen molar-refractivity contribution in [1.82, 2.24) is 9.97 Å². The molecule has 2 aromatic rings. The van der Waals surface area contributed by atoms with Crippen LogP contribution in [0.15, 0.2) is 30.6 Å². The third kappa shape index (κ3) is 1.54. The molecule has 0 aliphatic carbocycles. The van der Waals surface area contributed by atoms with E-state index < -0.39 is 0 Å². The SMILES string of the molecule is O.O.c1ccc2[nH]cnc2c1. The first kappa shape index (κ1) is 9.61. The summed E-state index contributed by atoms with van der Waals surface area (Å²) in [5.41, 5.74) is 2.12. The van der Waals surface area contributed by atoms with Crippen molar-refractivity contribution in [1.29, 1.82) is 0 Å². The molecule has 0 unspecified atom stereocenters. The normalized spacial score (nSPS) is 8.36. The van der Waals surface area contributed by atoms with Crippen LogP contribution in [0.25, 0.3) is 11.0 Å². The highest BCUT2D eigenvalue weighted by molar-refractivity contribution is 5.73. The highest BCUT2D eigenvalue weighted by Crippen LogP contribution is 2.05. The number of hydrogen-bond donors (Lipinski definition) is 1. The van der Waals surface area contributed by atoms with E-state index in [2.05, 4.69) is 9.97 Å². The second kappa shape index (κ2) is 3.70. The van der Waals surface area contributed by atoms with E-state index in [1.165, 1.54) is 0 Å². The second-order valence-corrected chi connectivity index (χ2v) is 1.92. The van der Waals surface area contributed by atoms with Crippen LogP contribution in [0.1, 0.15) is 0 Å². The van der Waals surface area contributed by atoms with Crippen molar-refractivity contribution in [3.63, 3.8) is 0 Å². The fourth-order valence-electron chi connectivity index (χ4n) is 0.880. The van der Waals surface area contributed by atoms with Crippen molar-refractivity contribution in [3.05, 3.63) is 30.6 Å². The number of rotatable bonds is 0. The molecule has 0 amide bonds. The van der Waals surface area contributed by atoms with Gasteiger partial charge in [0.05, 0.1) is 17.4 Å². The molecule has 0 saturated heterocycles. The van der Waals surface area contributed by atoms with Gasteiger partial charge in [0.25, 0.3) is 0 Å². The van der Waals surface area contributed by atoms with Crippen LogP contribution in [0.4, 0.5) is 0 Å². The summed E-state index contributed by atoms with van der Waals surface area (Å²) in [5.74, 6) is 0. The monoisotopic (exact) mass is 154 g/mol. The minimum absolute atomic E-state index is 0. The predicted molar refractivity (Wildman–Crippen MR) is 43.3 cm³/mol. The average molecular weight is 154 g/mol. The van der Waals surface area contributed by atoms with Crippen LogP contribution < -0.4 is 0 Å². The van der Waals surface area contributed by atoms with Gasteiger partial charge in [0.2, 0.25) is 0 Å². The van der Waals surface area contributed by atoms with Crippen molar-refractivity contribution in [2.75, 3.05) is 0 Å². The molecule has 1 aromatic heterocycles. The van der Waals surface area contributed by atoms with Crippen LogP contribution in [-0.2, 0) is 0 Å². The van der Waals surface area contributed by atoms with Gasteiger partial charge in [-0.15, -0.1) is 0 Å². The average Bonchev–Trinajstić information content (AvgIpc) is 2.33. The molecule has 0 saturated carbocycles. The second-order valence-electron chi connectivity index (χ2n) is 1.92. The van der Waals surface area contributed by atoms with Crippen molar-refractivity contribution in [3.8, 4) is 0 Å². The number of nitrogens with one attached hydrogen (secondary N) is 1. The molecule has 4 heteroatoms. The molecule has 0 bridgehead atoms. The summed E-state index contributed by atoms with van der Waals surface area (Å²) in [6, 6.07) is 7.94. The number of imidazole rings is 1. The topological polar surface area (TPSA) is 91.7 Å². The van der Waals surface area contributed by atoms with Gasteiger partial charge in [-0.05, 0) is 12.1 Å². The number of benzene rings is 1. The smallest absolute Gasteiger partial charge is 0.0931 e. The molecule has 0 aliphatic rings. The summed E-state index contributed by atoms with van der Waals surface area (Å²) in [5, 5.41) is 0. The quantitative estimate of drug-likeness (QED) is 0.564. The van der Waals surface area contributed by atoms with Crippen LogP contribution in [0.2, 0.25) is 0 Å². The lowest BCUT2D eigenvalue weighted by molar-refractivity contribution is 0.823. The molecule has 0 radical (unpaired) electrons. The zero-order valence-electron chi connectivity index (χ0n) is 5.83. The Morgan fingerprint density at radius 1 is 1.09 bits per heavy atom. The van der Waals surface area contributed by atoms with Crippen LogP contribution in [0, 0.1) is 0 Å². The number of fused-ring (bicyclic) bond motifs is 1. The Bertz CT molecular complexity index is 288. The minimum Gasteiger partial charge on any atom is -0.412 e. The summed E-state index contributed by atoms with van der Waals surface area (Å²) in [6.07, 6.45) is 1.70. The number of H-pyrrole nitrogens is 1. The highest BCUT2D eigenvalue weighted by atomic mass is 16.0. The molecule has 0 fully saturated rings. The molecule has 0 spiro atoms. The zero-order valence-corrected chi connectivity index (χ0v) is 5.83. The summed E-state index contributed by atoms with van der Waals surface area (Å²) in [6.45, 7) is 0. The Morgan fingerprint density at radius 2 is 1.82 bits per heavy atom. The lowest BCUT2D eigenvalue weighted by Gasteiger charge is -1.81. The van der Waals surface area contributed by atoms with Crippen molar-refractivity contribution in [2.24, 2.45) is 0 Å². The Kier molecular flexibility index (Phi) is 3.23. The van der Waals surface area contributed by atoms with Crippen molar-refractivity contribution >= 4 is 11.0 Å². The van der Waals surface area contributed by atoms with Gasteiger partial charge in [-0.1, -0.05) is 12.1 Å². The predicted octanol–water partition coefficient (Wildman–Crippen LogP) is -0.0865. The molecule has 2 rings (SSSR count). The van der Waals surface area contributed by atoms with E-state index in [-0.39, 0.29) is 11.0 Å². The van der Waals surface area contributed by atoms with Crippen molar-refractivity contribution in [2.45, 2.75) is 0 Å². The summed E-state index contributed by atoms with van der Waals surface area (Å²) in [7, 11) is 0. The van der Waals surface area contributed by atoms with Crippen LogP contribution in [-0.4, -0.2) is 20.9 Å². The van der Waals surface area contributed by atoms with Gasteiger partial charge in [0, 0.05) is 0 Å². The highest BCUT2D eigenvalue weighted by Gasteiger charge is 1.88. The van der Waals surface area contributed by atoms with E-state index in [1.54, 1.807) is 6.33 Å². The lowest BCUT2D eigenvalue weighted by Crippen LogP contribution is -1.63. The molecule has 5 N–H and O–H groups in total. The minimum atomic E-state index is 0. The fraction of sp³-hybridized carbons (Fsp3) is 0. The van der Waals surface area contributed by atoms with E-state index in [1.807, 2.05) is 24.3 Å². The van der Waals surface area contributed by atoms with Gasteiger partial charge in [-0.2, -0.15) is 0 Å². The largest absolute Gasteiger partial charge is 0.412 e. The molecular formula is C7H10N2O2. The first-order valence-corrected chi connectivity index (χ1v) is 2.85. The maximum Gasteiger partial charge on any atom is 0.0931 e. The van der Waals surface area contributed by atoms with Gasteiger partial charge in [-0.25, -0.2) is 4.98 Å². The van der Waals surface area contributed by atoms with Crippen LogP contribution in [0.3, 0.4) is 0 Å². The number of aromatic amines is 1. The first-order chi connectivity index (χ1) is 4.47. The lowest BCUT2D eigenvalue weighted by atomic mass is 10.3. The van der Waals surface area contributed by atoms with Gasteiger partial charge in [0.15, 0.2) is 0 Å². The Morgan fingerprint density at radius 3 is 2.55 bits per heavy atom. The maximum atomic E-state index is 4.06. The van der Waals surface area contributed by atoms with E-state index in [4.69, 9.17) is 0 Å². The third-order valence-corrected chi connectivity index (χ3v) is 1.33. The number of aromatic nitrogens is 2. The fourth-order valence-corrected chi connectivity index (χ4v) is 0.880. The number of hydrogen-bond acceptors (Lipinski definition) is 1. The van der Waals surface area contributed by atoms with Gasteiger partial charge >= 0.3 is 0 Å². The number of para-hydroxylation sites is 2. The van der Waals surface area contributed by atoms with Gasteiger partial charge < -0.3 is 15.9 Å². The maximum absolute atomic E-state index is 4.06. The Labute approximate surface area is 63.5 Å². The van der Waals surface area contributed by atoms with E-state index >= 15 is 0 Å². The van der Waals surface area contributed by atoms with E-state index in [9.17, 15) is 0 Å². The molecular weight excluding hydrogens is 144 g/mol. The standard InChI is InChI=1S/C7H6N2.2H2O/c1-2-4-7-6(3-1)8-5-9-7;;/h1-5H,(H,8,9);2*1H2. The first-order valence-electron chi connectivity index (χ1n) is 2.85. The number of nitrogens with zero attached hydrogens (tertiary/aromatic N) is 1. The molecule has 0 aliphatic heterocycles. The van der Waals surface area contributed by atoms with Gasteiger partial charge in [-0.3, -0.25) is 0 Å². The van der Waals surface area contributed by atoms with Crippen molar-refractivity contribution < 1.29 is 11.0 Å². The third-order valence-electron chi connectivity index (χ3n) is 1.33. The summed E-state index contributed by atoms with van der Waals surface area (Å²) < 4.78 is 0. The molecule has 4 nitrogen and oxygen atoms in total.